The van der Waals surface area contributed by atoms with Crippen LogP contribution in [-0.2, 0) is 16.0 Å². The molecule has 6 nitrogen and oxygen atoms in total. The minimum Gasteiger partial charge on any atom is -0.469 e. The lowest BCUT2D eigenvalue weighted by Crippen LogP contribution is -2.32. The molecule has 27 heavy (non-hydrogen) atoms. The minimum atomic E-state index is -0.222. The van der Waals surface area contributed by atoms with E-state index in [0.29, 0.717) is 24.4 Å². The van der Waals surface area contributed by atoms with Gasteiger partial charge in [-0.2, -0.15) is 5.10 Å². The molecule has 0 aliphatic heterocycles. The van der Waals surface area contributed by atoms with Gasteiger partial charge in [-0.25, -0.2) is 4.68 Å². The minimum absolute atomic E-state index is 0.0960. The number of hydrogen-bond donors (Lipinski definition) is 0. The Balaban J connectivity index is 1.79. The molecule has 3 rings (SSSR count). The van der Waals surface area contributed by atoms with Crippen LogP contribution in [-0.4, -0.2) is 46.3 Å². The normalized spacial score (nSPS) is 13.5. The van der Waals surface area contributed by atoms with E-state index >= 15 is 0 Å². The molecule has 0 bridgehead atoms. The number of methoxy groups -OCH3 is 1. The first-order valence-corrected chi connectivity index (χ1v) is 9.49. The van der Waals surface area contributed by atoms with Crippen LogP contribution >= 0.6 is 0 Å². The summed E-state index contributed by atoms with van der Waals surface area (Å²) >= 11 is 0. The first kappa shape index (κ1) is 19.1. The fraction of sp³-hybridized carbons (Fsp3) is 0.476. The van der Waals surface area contributed by atoms with Crippen LogP contribution in [0.1, 0.15) is 53.5 Å². The van der Waals surface area contributed by atoms with Crippen molar-refractivity contribution in [3.63, 3.8) is 0 Å². The molecule has 0 atom stereocenters. The Morgan fingerprint density at radius 1 is 1.22 bits per heavy atom. The Morgan fingerprint density at radius 2 is 1.89 bits per heavy atom. The van der Waals surface area contributed by atoms with Crippen molar-refractivity contribution in [3.05, 3.63) is 46.8 Å². The maximum Gasteiger partial charge on any atom is 0.305 e. The summed E-state index contributed by atoms with van der Waals surface area (Å²) in [5.74, 6) is -0.126. The van der Waals surface area contributed by atoms with Crippen molar-refractivity contribution in [1.82, 2.24) is 14.7 Å². The van der Waals surface area contributed by atoms with E-state index < -0.39 is 0 Å². The maximum absolute atomic E-state index is 12.7. The van der Waals surface area contributed by atoms with Crippen LogP contribution < -0.4 is 0 Å². The molecule has 6 heteroatoms. The summed E-state index contributed by atoms with van der Waals surface area (Å²) in [6.07, 6.45) is 3.16. The topological polar surface area (TPSA) is 64.4 Å². The molecule has 1 aromatic carbocycles. The Morgan fingerprint density at radius 3 is 2.44 bits per heavy atom. The number of aryl methyl sites for hydroxylation is 1. The molecular weight excluding hydrogens is 342 g/mol. The van der Waals surface area contributed by atoms with Crippen molar-refractivity contribution in [1.29, 1.82) is 0 Å². The molecule has 0 radical (unpaired) electrons. The number of nitrogens with zero attached hydrogens (tertiary/aromatic N) is 3. The molecule has 0 saturated heterocycles. The molecule has 0 unspecified atom stereocenters. The number of aromatic nitrogens is 2. The van der Waals surface area contributed by atoms with Gasteiger partial charge in [-0.15, -0.1) is 0 Å². The third-order valence-corrected chi connectivity index (χ3v) is 5.20. The molecule has 1 heterocycles. The van der Waals surface area contributed by atoms with Crippen LogP contribution in [0.25, 0.3) is 5.69 Å². The second-order valence-corrected chi connectivity index (χ2v) is 7.01. The van der Waals surface area contributed by atoms with Gasteiger partial charge in [0, 0.05) is 30.3 Å². The quantitative estimate of drug-likeness (QED) is 0.703. The van der Waals surface area contributed by atoms with Crippen LogP contribution in [0, 0.1) is 13.8 Å². The summed E-state index contributed by atoms with van der Waals surface area (Å²) in [6.45, 7) is 6.71. The third kappa shape index (κ3) is 4.04. The Kier molecular flexibility index (Phi) is 5.63. The largest absolute Gasteiger partial charge is 0.469 e. The van der Waals surface area contributed by atoms with Crippen molar-refractivity contribution in [3.8, 4) is 5.69 Å². The van der Waals surface area contributed by atoms with Crippen LogP contribution in [0.3, 0.4) is 0 Å². The SMILES string of the molecule is CCN(C(=O)c1ccc(-n2nc(C)c(CCC(=O)OC)c2C)cc1)C1CC1. The summed E-state index contributed by atoms with van der Waals surface area (Å²) in [5.41, 5.74) is 4.59. The van der Waals surface area contributed by atoms with Crippen molar-refractivity contribution < 1.29 is 14.3 Å². The molecule has 1 saturated carbocycles. The zero-order valence-corrected chi connectivity index (χ0v) is 16.5. The molecule has 1 aromatic heterocycles. The highest BCUT2D eigenvalue weighted by molar-refractivity contribution is 5.94. The highest BCUT2D eigenvalue weighted by Crippen LogP contribution is 2.28. The standard InChI is InChI=1S/C21H27N3O3/c1-5-23(17-10-11-17)21(26)16-6-8-18(9-7-16)24-15(3)19(14(2)22-24)12-13-20(25)27-4/h6-9,17H,5,10-13H2,1-4H3. The summed E-state index contributed by atoms with van der Waals surface area (Å²) in [7, 11) is 1.40. The van der Waals surface area contributed by atoms with Crippen LogP contribution in [0.2, 0.25) is 0 Å². The van der Waals surface area contributed by atoms with E-state index in [1.807, 2.05) is 54.6 Å². The van der Waals surface area contributed by atoms with E-state index in [1.54, 1.807) is 0 Å². The molecule has 1 amide bonds. The van der Waals surface area contributed by atoms with E-state index in [0.717, 1.165) is 42.0 Å². The highest BCUT2D eigenvalue weighted by Gasteiger charge is 2.31. The number of carbonyl (C=O) groups excluding carboxylic acids is 2. The van der Waals surface area contributed by atoms with Gasteiger partial charge in [0.1, 0.15) is 0 Å². The average Bonchev–Trinajstić information content (AvgIpc) is 3.47. The number of esters is 1. The Labute approximate surface area is 160 Å². The van der Waals surface area contributed by atoms with Gasteiger partial charge in [0.2, 0.25) is 0 Å². The van der Waals surface area contributed by atoms with Gasteiger partial charge >= 0.3 is 5.97 Å². The maximum atomic E-state index is 12.7. The molecule has 1 fully saturated rings. The Hall–Kier alpha value is -2.63. The van der Waals surface area contributed by atoms with Gasteiger partial charge in [-0.05, 0) is 69.9 Å². The zero-order chi connectivity index (χ0) is 19.6. The van der Waals surface area contributed by atoms with Gasteiger partial charge < -0.3 is 9.64 Å². The second-order valence-electron chi connectivity index (χ2n) is 7.01. The average molecular weight is 369 g/mol. The lowest BCUT2D eigenvalue weighted by atomic mass is 10.1. The van der Waals surface area contributed by atoms with Crippen LogP contribution in [0.5, 0.6) is 0 Å². The van der Waals surface area contributed by atoms with Crippen molar-refractivity contribution in [2.24, 2.45) is 0 Å². The first-order valence-electron chi connectivity index (χ1n) is 9.49. The second kappa shape index (κ2) is 7.94. The summed E-state index contributed by atoms with van der Waals surface area (Å²) in [4.78, 5) is 26.0. The zero-order valence-electron chi connectivity index (χ0n) is 16.5. The van der Waals surface area contributed by atoms with Gasteiger partial charge in [-0.1, -0.05) is 0 Å². The molecule has 1 aliphatic rings. The lowest BCUT2D eigenvalue weighted by molar-refractivity contribution is -0.140. The van der Waals surface area contributed by atoms with E-state index in [9.17, 15) is 9.59 Å². The summed E-state index contributed by atoms with van der Waals surface area (Å²) < 4.78 is 6.60. The van der Waals surface area contributed by atoms with E-state index in [-0.39, 0.29) is 11.9 Å². The molecule has 1 aliphatic carbocycles. The number of benzene rings is 1. The lowest BCUT2D eigenvalue weighted by Gasteiger charge is -2.20. The number of carbonyl (C=O) groups is 2. The molecular formula is C21H27N3O3. The predicted octanol–water partition coefficient (Wildman–Crippen LogP) is 3.22. The van der Waals surface area contributed by atoms with Gasteiger partial charge in [0.15, 0.2) is 0 Å². The smallest absolute Gasteiger partial charge is 0.305 e. The van der Waals surface area contributed by atoms with E-state index in [2.05, 4.69) is 5.10 Å². The van der Waals surface area contributed by atoms with Gasteiger partial charge in [0.25, 0.3) is 5.91 Å². The number of hydrogen-bond acceptors (Lipinski definition) is 4. The molecule has 0 spiro atoms. The monoisotopic (exact) mass is 369 g/mol. The van der Waals surface area contributed by atoms with Gasteiger partial charge in [-0.3, -0.25) is 9.59 Å². The third-order valence-electron chi connectivity index (χ3n) is 5.20. The highest BCUT2D eigenvalue weighted by atomic mass is 16.5. The summed E-state index contributed by atoms with van der Waals surface area (Å²) in [5, 5.41) is 4.62. The molecule has 2 aromatic rings. The van der Waals surface area contributed by atoms with Crippen molar-refractivity contribution >= 4 is 11.9 Å². The first-order chi connectivity index (χ1) is 13.0. The van der Waals surface area contributed by atoms with Crippen molar-refractivity contribution in [2.75, 3.05) is 13.7 Å². The summed E-state index contributed by atoms with van der Waals surface area (Å²) in [6, 6.07) is 8.01. The van der Waals surface area contributed by atoms with E-state index in [1.165, 1.54) is 7.11 Å². The predicted molar refractivity (Wildman–Crippen MR) is 103 cm³/mol. The van der Waals surface area contributed by atoms with Crippen LogP contribution in [0.15, 0.2) is 24.3 Å². The fourth-order valence-electron chi connectivity index (χ4n) is 3.48. The molecule has 0 N–H and O–H groups in total. The fourth-order valence-corrected chi connectivity index (χ4v) is 3.48. The van der Waals surface area contributed by atoms with Crippen molar-refractivity contribution in [2.45, 2.75) is 52.5 Å². The number of amides is 1. The van der Waals surface area contributed by atoms with E-state index in [4.69, 9.17) is 4.74 Å². The van der Waals surface area contributed by atoms with Crippen LogP contribution in [0.4, 0.5) is 0 Å². The van der Waals surface area contributed by atoms with Gasteiger partial charge in [0.05, 0.1) is 18.5 Å². The Bertz CT molecular complexity index is 835. The number of ether oxygens (including phenoxy) is 1. The number of rotatable bonds is 7. The molecule has 144 valence electrons.